The minimum absolute atomic E-state index is 0. The Morgan fingerprint density at radius 1 is 1.33 bits per heavy atom. The maximum Gasteiger partial charge on any atom is 0.224 e. The van der Waals surface area contributed by atoms with Crippen molar-refractivity contribution in [3.8, 4) is 5.75 Å². The van der Waals surface area contributed by atoms with Crippen LogP contribution in [0.15, 0.2) is 24.3 Å². The van der Waals surface area contributed by atoms with E-state index in [0.717, 1.165) is 31.1 Å². The zero-order valence-electron chi connectivity index (χ0n) is 14.4. The molecule has 1 saturated heterocycles. The van der Waals surface area contributed by atoms with Crippen LogP contribution in [-0.4, -0.2) is 25.6 Å². The van der Waals surface area contributed by atoms with Gasteiger partial charge in [0.25, 0.3) is 0 Å². The van der Waals surface area contributed by atoms with Crippen LogP contribution in [0.5, 0.6) is 5.75 Å². The van der Waals surface area contributed by atoms with Crippen molar-refractivity contribution in [1.29, 1.82) is 0 Å². The molecule has 2 aliphatic rings. The van der Waals surface area contributed by atoms with Gasteiger partial charge in [-0.1, -0.05) is 19.1 Å². The van der Waals surface area contributed by atoms with E-state index in [0.29, 0.717) is 24.2 Å². The number of nitrogens with one attached hydrogen (secondary N) is 2. The average molecular weight is 353 g/mol. The minimum atomic E-state index is 0. The number of carbonyl (C=O) groups is 1. The van der Waals surface area contributed by atoms with E-state index >= 15 is 0 Å². The topological polar surface area (TPSA) is 50.4 Å². The molecule has 0 radical (unpaired) electrons. The smallest absolute Gasteiger partial charge is 0.224 e. The third kappa shape index (κ3) is 5.67. The molecular formula is C19H29ClN2O2. The van der Waals surface area contributed by atoms with Gasteiger partial charge in [0, 0.05) is 6.42 Å². The Bertz CT molecular complexity index is 528. The van der Waals surface area contributed by atoms with Crippen LogP contribution in [0.4, 0.5) is 5.69 Å². The molecule has 1 saturated carbocycles. The van der Waals surface area contributed by atoms with E-state index in [4.69, 9.17) is 4.74 Å². The lowest BCUT2D eigenvalue weighted by molar-refractivity contribution is -0.117. The van der Waals surface area contributed by atoms with Crippen LogP contribution < -0.4 is 15.4 Å². The van der Waals surface area contributed by atoms with Gasteiger partial charge in [-0.3, -0.25) is 4.79 Å². The fourth-order valence-electron chi connectivity index (χ4n) is 3.21. The minimum Gasteiger partial charge on any atom is -0.491 e. The second-order valence-corrected chi connectivity index (χ2v) is 7.09. The number of hydrogen-bond acceptors (Lipinski definition) is 3. The first-order chi connectivity index (χ1) is 11.2. The summed E-state index contributed by atoms with van der Waals surface area (Å²) in [6, 6.07) is 7.75. The lowest BCUT2D eigenvalue weighted by Crippen LogP contribution is -2.34. The van der Waals surface area contributed by atoms with Crippen molar-refractivity contribution in [2.24, 2.45) is 17.8 Å². The standard InChI is InChI=1S/C19H28N2O2.ClH/c1-14(16-5-4-10-20-12-16)11-19(22)21-17-6-2-3-7-18(17)23-13-15-8-9-15;/h2-3,6-7,14-16,20H,4-5,8-13H2,1H3,(H,21,22);1H. The van der Waals surface area contributed by atoms with Gasteiger partial charge in [-0.15, -0.1) is 12.4 Å². The van der Waals surface area contributed by atoms with Gasteiger partial charge in [0.05, 0.1) is 12.3 Å². The van der Waals surface area contributed by atoms with Gasteiger partial charge in [0.2, 0.25) is 5.91 Å². The van der Waals surface area contributed by atoms with E-state index in [1.54, 1.807) is 0 Å². The van der Waals surface area contributed by atoms with E-state index in [1.807, 2.05) is 24.3 Å². The van der Waals surface area contributed by atoms with Crippen molar-refractivity contribution >= 4 is 24.0 Å². The molecule has 4 nitrogen and oxygen atoms in total. The van der Waals surface area contributed by atoms with Crippen molar-refractivity contribution < 1.29 is 9.53 Å². The maximum atomic E-state index is 12.4. The number of carbonyl (C=O) groups excluding carboxylic acids is 1. The molecule has 0 bridgehead atoms. The predicted octanol–water partition coefficient (Wildman–Crippen LogP) is 3.86. The molecule has 0 aromatic heterocycles. The van der Waals surface area contributed by atoms with Gasteiger partial charge >= 0.3 is 0 Å². The lowest BCUT2D eigenvalue weighted by atomic mass is 9.85. The second kappa shape index (κ2) is 9.28. The molecule has 5 heteroatoms. The van der Waals surface area contributed by atoms with Crippen molar-refractivity contribution in [1.82, 2.24) is 5.32 Å². The first kappa shape index (κ1) is 19.1. The molecule has 1 aliphatic carbocycles. The maximum absolute atomic E-state index is 12.4. The SMILES string of the molecule is CC(CC(=O)Nc1ccccc1OCC1CC1)C1CCCNC1.Cl. The van der Waals surface area contributed by atoms with Crippen molar-refractivity contribution in [2.45, 2.75) is 39.0 Å². The summed E-state index contributed by atoms with van der Waals surface area (Å²) < 4.78 is 5.86. The summed E-state index contributed by atoms with van der Waals surface area (Å²) in [7, 11) is 0. The summed E-state index contributed by atoms with van der Waals surface area (Å²) in [6.45, 7) is 5.10. The van der Waals surface area contributed by atoms with Gasteiger partial charge in [-0.25, -0.2) is 0 Å². The first-order valence-corrected chi connectivity index (χ1v) is 8.95. The van der Waals surface area contributed by atoms with E-state index < -0.39 is 0 Å². The van der Waals surface area contributed by atoms with Crippen LogP contribution >= 0.6 is 12.4 Å². The molecule has 134 valence electrons. The summed E-state index contributed by atoms with van der Waals surface area (Å²) >= 11 is 0. The Hall–Kier alpha value is -1.26. The first-order valence-electron chi connectivity index (χ1n) is 8.95. The number of hydrogen-bond donors (Lipinski definition) is 2. The molecular weight excluding hydrogens is 324 g/mol. The average Bonchev–Trinajstić information content (AvgIpc) is 3.39. The van der Waals surface area contributed by atoms with E-state index in [2.05, 4.69) is 17.6 Å². The normalized spacial score (nSPS) is 21.5. The molecule has 2 N–H and O–H groups in total. The third-order valence-corrected chi connectivity index (χ3v) is 4.98. The quantitative estimate of drug-likeness (QED) is 0.783. The fourth-order valence-corrected chi connectivity index (χ4v) is 3.21. The summed E-state index contributed by atoms with van der Waals surface area (Å²) in [5.41, 5.74) is 0.798. The molecule has 2 unspecified atom stereocenters. The van der Waals surface area contributed by atoms with E-state index in [-0.39, 0.29) is 18.3 Å². The van der Waals surface area contributed by atoms with Gasteiger partial charge in [0.15, 0.2) is 0 Å². The van der Waals surface area contributed by atoms with E-state index in [1.165, 1.54) is 25.7 Å². The molecule has 1 aliphatic heterocycles. The number of para-hydroxylation sites is 2. The molecule has 1 aromatic rings. The molecule has 1 heterocycles. The van der Waals surface area contributed by atoms with Gasteiger partial charge in [-0.05, 0) is 68.7 Å². The molecule has 24 heavy (non-hydrogen) atoms. The number of halogens is 1. The number of benzene rings is 1. The highest BCUT2D eigenvalue weighted by Crippen LogP contribution is 2.32. The highest BCUT2D eigenvalue weighted by molar-refractivity contribution is 5.92. The summed E-state index contributed by atoms with van der Waals surface area (Å²) in [4.78, 5) is 12.4. The second-order valence-electron chi connectivity index (χ2n) is 7.09. The van der Waals surface area contributed by atoms with Crippen LogP contribution in [0, 0.1) is 17.8 Å². The van der Waals surface area contributed by atoms with Crippen molar-refractivity contribution in [3.05, 3.63) is 24.3 Å². The Morgan fingerprint density at radius 3 is 2.83 bits per heavy atom. The highest BCUT2D eigenvalue weighted by Gasteiger charge is 2.24. The van der Waals surface area contributed by atoms with Crippen LogP contribution in [0.2, 0.25) is 0 Å². The Labute approximate surface area is 151 Å². The number of amides is 1. The van der Waals surface area contributed by atoms with Gasteiger partial charge in [0.1, 0.15) is 5.75 Å². The molecule has 2 fully saturated rings. The third-order valence-electron chi connectivity index (χ3n) is 4.98. The van der Waals surface area contributed by atoms with Crippen molar-refractivity contribution in [2.75, 3.05) is 25.0 Å². The van der Waals surface area contributed by atoms with E-state index in [9.17, 15) is 4.79 Å². The molecule has 1 amide bonds. The summed E-state index contributed by atoms with van der Waals surface area (Å²) in [5, 5.41) is 6.47. The largest absolute Gasteiger partial charge is 0.491 e. The van der Waals surface area contributed by atoms with Crippen LogP contribution in [0.3, 0.4) is 0 Å². The fraction of sp³-hybridized carbons (Fsp3) is 0.632. The summed E-state index contributed by atoms with van der Waals surface area (Å²) in [5.74, 6) is 2.60. The van der Waals surface area contributed by atoms with Crippen LogP contribution in [-0.2, 0) is 4.79 Å². The number of piperidine rings is 1. The zero-order chi connectivity index (χ0) is 16.1. The molecule has 0 spiro atoms. The van der Waals surface area contributed by atoms with Crippen molar-refractivity contribution in [3.63, 3.8) is 0 Å². The monoisotopic (exact) mass is 352 g/mol. The van der Waals surface area contributed by atoms with Crippen LogP contribution in [0.1, 0.15) is 39.0 Å². The Morgan fingerprint density at radius 2 is 2.12 bits per heavy atom. The Kier molecular flexibility index (Phi) is 7.38. The molecule has 2 atom stereocenters. The lowest BCUT2D eigenvalue weighted by Gasteiger charge is -2.28. The van der Waals surface area contributed by atoms with Gasteiger partial charge < -0.3 is 15.4 Å². The van der Waals surface area contributed by atoms with Crippen LogP contribution in [0.25, 0.3) is 0 Å². The number of anilines is 1. The number of rotatable bonds is 7. The summed E-state index contributed by atoms with van der Waals surface area (Å²) in [6.07, 6.45) is 5.54. The predicted molar refractivity (Wildman–Crippen MR) is 99.9 cm³/mol. The number of ether oxygens (including phenoxy) is 1. The molecule has 3 rings (SSSR count). The highest BCUT2D eigenvalue weighted by atomic mass is 35.5. The van der Waals surface area contributed by atoms with Gasteiger partial charge in [-0.2, -0.15) is 0 Å². The molecule has 1 aromatic carbocycles. The Balaban J connectivity index is 0.00000208. The zero-order valence-corrected chi connectivity index (χ0v) is 15.2.